The molecule has 2 aromatic rings. The van der Waals surface area contributed by atoms with Crippen molar-refractivity contribution in [2.75, 3.05) is 23.9 Å². The van der Waals surface area contributed by atoms with E-state index in [4.69, 9.17) is 0 Å². The summed E-state index contributed by atoms with van der Waals surface area (Å²) < 4.78 is 29.1. The molecule has 31 heavy (non-hydrogen) atoms. The molecule has 2 aromatic carbocycles. The standard InChI is InChI=1S/C24H26N2O4S/c1-3-26(18-11-9-10-17(2)16-18)31(29,30)24-21(25-14-7-4-8-15-25)22(27)19-12-5-6-13-20(19)23(24)28/h5-6,9-13,16H,3-4,7-8,14-15H2,1-2H3. The fourth-order valence-electron chi connectivity index (χ4n) is 4.37. The number of Topliss-reactive ketones (excluding diaryl/α,β-unsaturated/α-hetero) is 2. The van der Waals surface area contributed by atoms with E-state index in [1.54, 1.807) is 48.2 Å². The number of ketones is 2. The predicted molar refractivity (Wildman–Crippen MR) is 121 cm³/mol. The van der Waals surface area contributed by atoms with Gasteiger partial charge in [-0.25, -0.2) is 8.42 Å². The summed E-state index contributed by atoms with van der Waals surface area (Å²) in [7, 11) is -4.27. The molecular weight excluding hydrogens is 412 g/mol. The van der Waals surface area contributed by atoms with Crippen molar-refractivity contribution in [3.8, 4) is 0 Å². The van der Waals surface area contributed by atoms with Crippen LogP contribution in [0.5, 0.6) is 0 Å². The third kappa shape index (κ3) is 3.67. The minimum Gasteiger partial charge on any atom is -0.367 e. The number of anilines is 1. The number of hydrogen-bond acceptors (Lipinski definition) is 5. The first-order valence-corrected chi connectivity index (χ1v) is 12.1. The zero-order valence-corrected chi connectivity index (χ0v) is 18.6. The molecule has 0 N–H and O–H groups in total. The second-order valence-electron chi connectivity index (χ2n) is 7.94. The van der Waals surface area contributed by atoms with E-state index >= 15 is 0 Å². The Morgan fingerprint density at radius 2 is 1.55 bits per heavy atom. The Labute approximate surface area is 183 Å². The van der Waals surface area contributed by atoms with Gasteiger partial charge in [-0.1, -0.05) is 36.4 Å². The van der Waals surface area contributed by atoms with E-state index in [1.807, 2.05) is 13.0 Å². The lowest BCUT2D eigenvalue weighted by Gasteiger charge is -2.35. The molecule has 0 saturated carbocycles. The minimum atomic E-state index is -4.27. The molecule has 0 unspecified atom stereocenters. The average Bonchev–Trinajstić information content (AvgIpc) is 2.77. The molecule has 0 amide bonds. The van der Waals surface area contributed by atoms with Crippen LogP contribution in [0.4, 0.5) is 5.69 Å². The van der Waals surface area contributed by atoms with Crippen molar-refractivity contribution in [2.24, 2.45) is 0 Å². The molecule has 6 nitrogen and oxygen atoms in total. The van der Waals surface area contributed by atoms with Crippen molar-refractivity contribution in [3.05, 3.63) is 75.8 Å². The Kier molecular flexibility index (Phi) is 5.71. The molecule has 1 fully saturated rings. The van der Waals surface area contributed by atoms with Crippen LogP contribution in [0.3, 0.4) is 0 Å². The number of piperidine rings is 1. The Morgan fingerprint density at radius 3 is 2.16 bits per heavy atom. The van der Waals surface area contributed by atoms with Gasteiger partial charge in [-0.05, 0) is 50.8 Å². The van der Waals surface area contributed by atoms with Crippen LogP contribution >= 0.6 is 0 Å². The van der Waals surface area contributed by atoms with Crippen molar-refractivity contribution in [2.45, 2.75) is 33.1 Å². The van der Waals surface area contributed by atoms with Gasteiger partial charge in [0.25, 0.3) is 10.0 Å². The summed E-state index contributed by atoms with van der Waals surface area (Å²) in [4.78, 5) is 28.4. The summed E-state index contributed by atoms with van der Waals surface area (Å²) >= 11 is 0. The number of hydrogen-bond donors (Lipinski definition) is 0. The second kappa shape index (κ2) is 8.30. The molecule has 4 rings (SSSR count). The number of fused-ring (bicyclic) bond motifs is 1. The number of benzene rings is 2. The van der Waals surface area contributed by atoms with Crippen molar-refractivity contribution in [1.29, 1.82) is 0 Å². The highest BCUT2D eigenvalue weighted by Crippen LogP contribution is 2.35. The normalized spacial score (nSPS) is 17.0. The van der Waals surface area contributed by atoms with Crippen molar-refractivity contribution < 1.29 is 18.0 Å². The number of likely N-dealkylation sites (tertiary alicyclic amines) is 1. The number of sulfonamides is 1. The van der Waals surface area contributed by atoms with Gasteiger partial charge >= 0.3 is 0 Å². The van der Waals surface area contributed by atoms with Crippen LogP contribution in [-0.4, -0.2) is 44.5 Å². The maximum absolute atomic E-state index is 13.9. The fraction of sp³-hybridized carbons (Fsp3) is 0.333. The number of nitrogens with zero attached hydrogens (tertiary/aromatic N) is 2. The number of rotatable bonds is 5. The first kappa shape index (κ1) is 21.3. The van der Waals surface area contributed by atoms with Gasteiger partial charge in [0.15, 0.2) is 4.91 Å². The van der Waals surface area contributed by atoms with Gasteiger partial charge < -0.3 is 4.90 Å². The number of carbonyl (C=O) groups excluding carboxylic acids is 2. The fourth-order valence-corrected chi connectivity index (χ4v) is 6.13. The van der Waals surface area contributed by atoms with Crippen LogP contribution in [0.1, 0.15) is 52.5 Å². The number of carbonyl (C=O) groups is 2. The van der Waals surface area contributed by atoms with Gasteiger partial charge in [-0.15, -0.1) is 0 Å². The van der Waals surface area contributed by atoms with E-state index < -0.39 is 26.5 Å². The van der Waals surface area contributed by atoms with E-state index in [1.165, 1.54) is 10.4 Å². The highest BCUT2D eigenvalue weighted by Gasteiger charge is 2.43. The van der Waals surface area contributed by atoms with E-state index in [0.29, 0.717) is 18.8 Å². The van der Waals surface area contributed by atoms with Gasteiger partial charge in [0.2, 0.25) is 11.6 Å². The van der Waals surface area contributed by atoms with Crippen LogP contribution in [0, 0.1) is 6.92 Å². The van der Waals surface area contributed by atoms with E-state index in [0.717, 1.165) is 24.8 Å². The van der Waals surface area contributed by atoms with Gasteiger partial charge in [0, 0.05) is 30.8 Å². The summed E-state index contributed by atoms with van der Waals surface area (Å²) in [6.07, 6.45) is 2.74. The van der Waals surface area contributed by atoms with Crippen molar-refractivity contribution >= 4 is 27.3 Å². The van der Waals surface area contributed by atoms with E-state index in [2.05, 4.69) is 0 Å². The first-order chi connectivity index (χ1) is 14.9. The molecule has 0 atom stereocenters. The molecule has 0 spiro atoms. The molecule has 0 bridgehead atoms. The SMILES string of the molecule is CCN(c1cccc(C)c1)S(=O)(=O)C1=C(N2CCCCC2)C(=O)c2ccccc2C1=O. The van der Waals surface area contributed by atoms with Gasteiger partial charge in [-0.2, -0.15) is 0 Å². The first-order valence-electron chi connectivity index (χ1n) is 10.6. The quantitative estimate of drug-likeness (QED) is 0.707. The van der Waals surface area contributed by atoms with Crippen molar-refractivity contribution in [3.63, 3.8) is 0 Å². The summed E-state index contributed by atoms with van der Waals surface area (Å²) in [5.41, 5.74) is 1.83. The largest absolute Gasteiger partial charge is 0.367 e. The van der Waals surface area contributed by atoms with E-state index in [-0.39, 0.29) is 23.4 Å². The smallest absolute Gasteiger partial charge is 0.270 e. The van der Waals surface area contributed by atoms with Crippen molar-refractivity contribution in [1.82, 2.24) is 4.90 Å². The summed E-state index contributed by atoms with van der Waals surface area (Å²) in [6.45, 7) is 4.88. The molecule has 1 heterocycles. The Morgan fingerprint density at radius 1 is 0.903 bits per heavy atom. The van der Waals surface area contributed by atoms with Crippen LogP contribution in [0.25, 0.3) is 0 Å². The molecule has 0 radical (unpaired) electrons. The third-order valence-corrected chi connectivity index (χ3v) is 7.79. The van der Waals surface area contributed by atoms with Gasteiger partial charge in [0.05, 0.1) is 5.69 Å². The van der Waals surface area contributed by atoms with E-state index in [9.17, 15) is 18.0 Å². The molecule has 7 heteroatoms. The molecule has 2 aliphatic rings. The molecule has 1 aliphatic heterocycles. The molecule has 1 saturated heterocycles. The molecular formula is C24H26N2O4S. The Balaban J connectivity index is 1.94. The van der Waals surface area contributed by atoms with Gasteiger partial charge in [-0.3, -0.25) is 13.9 Å². The number of aryl methyl sites for hydroxylation is 1. The van der Waals surface area contributed by atoms with Crippen LogP contribution in [-0.2, 0) is 10.0 Å². The second-order valence-corrected chi connectivity index (χ2v) is 9.74. The predicted octanol–water partition coefficient (Wildman–Crippen LogP) is 3.93. The molecule has 0 aromatic heterocycles. The van der Waals surface area contributed by atoms with Crippen LogP contribution < -0.4 is 4.31 Å². The third-order valence-electron chi connectivity index (χ3n) is 5.85. The maximum atomic E-state index is 13.9. The lowest BCUT2D eigenvalue weighted by Crippen LogP contribution is -2.43. The lowest BCUT2D eigenvalue weighted by molar-refractivity contribution is 0.0939. The summed E-state index contributed by atoms with van der Waals surface area (Å²) in [6, 6.07) is 13.6. The zero-order valence-electron chi connectivity index (χ0n) is 17.8. The highest BCUT2D eigenvalue weighted by atomic mass is 32.2. The summed E-state index contributed by atoms with van der Waals surface area (Å²) in [5.74, 6) is -1.00. The monoisotopic (exact) mass is 438 g/mol. The number of allylic oxidation sites excluding steroid dienone is 2. The Hall–Kier alpha value is -2.93. The zero-order chi connectivity index (χ0) is 22.2. The van der Waals surface area contributed by atoms with Crippen LogP contribution in [0.2, 0.25) is 0 Å². The highest BCUT2D eigenvalue weighted by molar-refractivity contribution is 7.97. The van der Waals surface area contributed by atoms with Crippen LogP contribution in [0.15, 0.2) is 59.1 Å². The molecule has 1 aliphatic carbocycles. The molecule has 162 valence electrons. The van der Waals surface area contributed by atoms with Gasteiger partial charge in [0.1, 0.15) is 5.70 Å². The topological polar surface area (TPSA) is 74.8 Å². The minimum absolute atomic E-state index is 0.0227. The Bertz CT molecular complexity index is 1180. The lowest BCUT2D eigenvalue weighted by atomic mass is 9.91. The average molecular weight is 439 g/mol. The maximum Gasteiger partial charge on any atom is 0.270 e. The summed E-state index contributed by atoms with van der Waals surface area (Å²) in [5, 5.41) is 0.